The zero-order chi connectivity index (χ0) is 14.1. The van der Waals surface area contributed by atoms with Crippen LogP contribution in [0.1, 0.15) is 23.2 Å². The van der Waals surface area contributed by atoms with Gasteiger partial charge in [-0.2, -0.15) is 0 Å². The Bertz CT molecular complexity index is 708. The molecule has 0 atom stereocenters. The van der Waals surface area contributed by atoms with Gasteiger partial charge in [0.25, 0.3) is 0 Å². The van der Waals surface area contributed by atoms with Gasteiger partial charge in [-0.05, 0) is 36.3 Å². The van der Waals surface area contributed by atoms with Crippen molar-refractivity contribution >= 4 is 40.2 Å². The summed E-state index contributed by atoms with van der Waals surface area (Å²) in [5.41, 5.74) is 8.24. The lowest BCUT2D eigenvalue weighted by molar-refractivity contribution is -0.116. The molecule has 1 aromatic carbocycles. The highest BCUT2D eigenvalue weighted by Gasteiger charge is 2.16. The van der Waals surface area contributed by atoms with Gasteiger partial charge in [0.2, 0.25) is 5.91 Å². The van der Waals surface area contributed by atoms with Crippen molar-refractivity contribution in [1.82, 2.24) is 4.98 Å². The molecule has 4 nitrogen and oxygen atoms in total. The highest BCUT2D eigenvalue weighted by atomic mass is 32.1. The largest absolute Gasteiger partial charge is 0.375 e. The molecule has 3 N–H and O–H groups in total. The number of aromatic nitrogens is 1. The first-order chi connectivity index (χ1) is 9.61. The van der Waals surface area contributed by atoms with E-state index in [0.717, 1.165) is 5.56 Å². The number of nitrogens with two attached hydrogens (primary N) is 1. The van der Waals surface area contributed by atoms with Crippen LogP contribution in [-0.4, -0.2) is 10.9 Å². The summed E-state index contributed by atoms with van der Waals surface area (Å²) in [6.45, 7) is 0. The normalized spacial score (nSPS) is 14.3. The predicted molar refractivity (Wildman–Crippen MR) is 78.8 cm³/mol. The molecule has 0 fully saturated rings. The number of amides is 1. The first-order valence-corrected chi connectivity index (χ1v) is 7.01. The Kier molecular flexibility index (Phi) is 3.23. The summed E-state index contributed by atoms with van der Waals surface area (Å²) in [5, 5.41) is 4.97. The summed E-state index contributed by atoms with van der Waals surface area (Å²) >= 11 is 1.34. The average Bonchev–Trinajstić information content (AvgIpc) is 2.82. The van der Waals surface area contributed by atoms with E-state index in [2.05, 4.69) is 10.3 Å². The van der Waals surface area contributed by atoms with Crippen molar-refractivity contribution in [3.05, 3.63) is 40.2 Å². The van der Waals surface area contributed by atoms with E-state index in [0.29, 0.717) is 34.9 Å². The van der Waals surface area contributed by atoms with Crippen molar-refractivity contribution in [2.45, 2.75) is 12.8 Å². The quantitative estimate of drug-likeness (QED) is 0.893. The standard InChI is InChI=1S/C14H12FN3OS/c15-11-6-12-9(2-4-13(19)18-12)5-8(11)1-3-10-7-20-14(16)17-10/h1,3,5-7H,2,4H2,(H2,16,17)(H,18,19). The SMILES string of the molecule is Nc1nc(C=Cc2cc3c(cc2F)NC(=O)CC3)cs1. The lowest BCUT2D eigenvalue weighted by atomic mass is 9.99. The van der Waals surface area contributed by atoms with Crippen LogP contribution in [0, 0.1) is 5.82 Å². The van der Waals surface area contributed by atoms with Crippen molar-refractivity contribution in [1.29, 1.82) is 0 Å². The topological polar surface area (TPSA) is 68.0 Å². The van der Waals surface area contributed by atoms with E-state index in [-0.39, 0.29) is 11.7 Å². The summed E-state index contributed by atoms with van der Waals surface area (Å²) in [5.74, 6) is -0.441. The van der Waals surface area contributed by atoms with Gasteiger partial charge in [0.1, 0.15) is 5.82 Å². The summed E-state index contributed by atoms with van der Waals surface area (Å²) in [6, 6.07) is 3.12. The van der Waals surface area contributed by atoms with Gasteiger partial charge in [-0.3, -0.25) is 4.79 Å². The molecule has 1 aliphatic rings. The molecule has 0 unspecified atom stereocenters. The molecule has 3 rings (SSSR count). The lowest BCUT2D eigenvalue weighted by Crippen LogP contribution is -2.19. The van der Waals surface area contributed by atoms with Gasteiger partial charge in [-0.15, -0.1) is 11.3 Å². The second kappa shape index (κ2) is 5.05. The molecule has 1 aromatic heterocycles. The molecule has 0 radical (unpaired) electrons. The number of halogens is 1. The number of fused-ring (bicyclic) bond motifs is 1. The molecule has 1 amide bonds. The second-order valence-corrected chi connectivity index (χ2v) is 5.41. The van der Waals surface area contributed by atoms with Crippen LogP contribution < -0.4 is 11.1 Å². The van der Waals surface area contributed by atoms with Gasteiger partial charge < -0.3 is 11.1 Å². The van der Waals surface area contributed by atoms with Crippen molar-refractivity contribution in [3.8, 4) is 0 Å². The summed E-state index contributed by atoms with van der Waals surface area (Å²) < 4.78 is 14.0. The Balaban J connectivity index is 1.90. The van der Waals surface area contributed by atoms with Crippen LogP contribution in [0.5, 0.6) is 0 Å². The molecule has 2 aromatic rings. The number of carbonyl (C=O) groups is 1. The number of carbonyl (C=O) groups excluding carboxylic acids is 1. The Hall–Kier alpha value is -2.21. The molecule has 0 saturated heterocycles. The van der Waals surface area contributed by atoms with Crippen molar-refractivity contribution < 1.29 is 9.18 Å². The monoisotopic (exact) mass is 289 g/mol. The van der Waals surface area contributed by atoms with E-state index < -0.39 is 0 Å². The van der Waals surface area contributed by atoms with Crippen LogP contribution in [0.25, 0.3) is 12.2 Å². The number of hydrogen-bond acceptors (Lipinski definition) is 4. The third-order valence-electron chi connectivity index (χ3n) is 3.09. The summed E-state index contributed by atoms with van der Waals surface area (Å²) in [6.07, 6.45) is 4.45. The number of rotatable bonds is 2. The molecule has 0 saturated carbocycles. The van der Waals surface area contributed by atoms with E-state index in [1.807, 2.05) is 5.38 Å². The minimum absolute atomic E-state index is 0.0712. The van der Waals surface area contributed by atoms with E-state index in [1.165, 1.54) is 17.4 Å². The molecule has 20 heavy (non-hydrogen) atoms. The van der Waals surface area contributed by atoms with Gasteiger partial charge in [-0.25, -0.2) is 9.37 Å². The van der Waals surface area contributed by atoms with E-state index >= 15 is 0 Å². The van der Waals surface area contributed by atoms with Crippen LogP contribution in [0.4, 0.5) is 15.2 Å². The molecule has 0 spiro atoms. The maximum absolute atomic E-state index is 14.0. The zero-order valence-electron chi connectivity index (χ0n) is 10.5. The maximum atomic E-state index is 14.0. The number of anilines is 2. The Labute approximate surface area is 119 Å². The Morgan fingerprint density at radius 1 is 1.35 bits per heavy atom. The van der Waals surface area contributed by atoms with Gasteiger partial charge in [0.15, 0.2) is 5.13 Å². The predicted octanol–water partition coefficient (Wildman–Crippen LogP) is 2.92. The highest BCUT2D eigenvalue weighted by molar-refractivity contribution is 7.13. The van der Waals surface area contributed by atoms with Gasteiger partial charge in [0.05, 0.1) is 5.69 Å². The third kappa shape index (κ3) is 2.55. The number of nitrogen functional groups attached to an aromatic ring is 1. The minimum Gasteiger partial charge on any atom is -0.375 e. The summed E-state index contributed by atoms with van der Waals surface area (Å²) in [4.78, 5) is 15.4. The van der Waals surface area contributed by atoms with E-state index in [1.54, 1.807) is 18.2 Å². The smallest absolute Gasteiger partial charge is 0.224 e. The van der Waals surface area contributed by atoms with Crippen molar-refractivity contribution in [2.24, 2.45) is 0 Å². The minimum atomic E-state index is -0.370. The Morgan fingerprint density at radius 2 is 2.20 bits per heavy atom. The fourth-order valence-corrected chi connectivity index (χ4v) is 2.63. The van der Waals surface area contributed by atoms with Gasteiger partial charge >= 0.3 is 0 Å². The van der Waals surface area contributed by atoms with Crippen LogP contribution in [0.15, 0.2) is 17.5 Å². The number of thiazole rings is 1. The van der Waals surface area contributed by atoms with E-state index in [9.17, 15) is 9.18 Å². The second-order valence-electron chi connectivity index (χ2n) is 4.52. The number of nitrogens with one attached hydrogen (secondary N) is 1. The Morgan fingerprint density at radius 3 is 2.95 bits per heavy atom. The molecule has 6 heteroatoms. The van der Waals surface area contributed by atoms with E-state index in [4.69, 9.17) is 5.73 Å². The van der Waals surface area contributed by atoms with Crippen LogP contribution >= 0.6 is 11.3 Å². The van der Waals surface area contributed by atoms with Crippen LogP contribution in [0.3, 0.4) is 0 Å². The lowest BCUT2D eigenvalue weighted by Gasteiger charge is -2.17. The molecular formula is C14H12FN3OS. The molecule has 1 aliphatic heterocycles. The maximum Gasteiger partial charge on any atom is 0.224 e. The number of benzene rings is 1. The third-order valence-corrected chi connectivity index (χ3v) is 3.78. The number of hydrogen-bond donors (Lipinski definition) is 2. The van der Waals surface area contributed by atoms with Crippen LogP contribution in [0.2, 0.25) is 0 Å². The first-order valence-electron chi connectivity index (χ1n) is 6.13. The fourth-order valence-electron chi connectivity index (χ4n) is 2.10. The average molecular weight is 289 g/mol. The molecular weight excluding hydrogens is 277 g/mol. The zero-order valence-corrected chi connectivity index (χ0v) is 11.3. The fraction of sp³-hybridized carbons (Fsp3) is 0.143. The van der Waals surface area contributed by atoms with Crippen LogP contribution in [-0.2, 0) is 11.2 Å². The molecule has 0 aliphatic carbocycles. The van der Waals surface area contributed by atoms with Gasteiger partial charge in [0, 0.05) is 23.1 Å². The first kappa shape index (κ1) is 12.8. The highest BCUT2D eigenvalue weighted by Crippen LogP contribution is 2.27. The van der Waals surface area contributed by atoms with Gasteiger partial charge in [-0.1, -0.05) is 0 Å². The molecule has 2 heterocycles. The van der Waals surface area contributed by atoms with Crippen molar-refractivity contribution in [3.63, 3.8) is 0 Å². The molecule has 0 bridgehead atoms. The number of aryl methyl sites for hydroxylation is 1. The summed E-state index contributed by atoms with van der Waals surface area (Å²) in [7, 11) is 0. The molecule has 102 valence electrons. The number of nitrogens with zero attached hydrogens (tertiary/aromatic N) is 1. The van der Waals surface area contributed by atoms with Crippen molar-refractivity contribution in [2.75, 3.05) is 11.1 Å².